The van der Waals surface area contributed by atoms with E-state index < -0.39 is 13.9 Å². The maximum atomic E-state index is 12.2. The fourth-order valence-electron chi connectivity index (χ4n) is 2.80. The Kier molecular flexibility index (Phi) is 6.87. The van der Waals surface area contributed by atoms with Crippen molar-refractivity contribution in [1.82, 2.24) is 4.90 Å². The zero-order valence-corrected chi connectivity index (χ0v) is 20.0. The second-order valence-electron chi connectivity index (χ2n) is 10.2. The van der Waals surface area contributed by atoms with E-state index in [1.54, 1.807) is 4.90 Å². The molecule has 1 heterocycles. The van der Waals surface area contributed by atoms with E-state index in [4.69, 9.17) is 9.16 Å². The molecule has 0 spiro atoms. The standard InChI is InChI=1S/C22H38N2O3Si/c1-21(2,3)27-20(25)24-14-12-23(13-15-24)19-11-9-10-18(16-19)17-26-28(7,8)22(4,5)6/h9-11,16H,12-15,17H2,1-8H3. The van der Waals surface area contributed by atoms with Crippen LogP contribution in [0.25, 0.3) is 0 Å². The molecule has 0 unspecified atom stereocenters. The number of nitrogens with zero attached hydrogens (tertiary/aromatic N) is 2. The predicted octanol–water partition coefficient (Wildman–Crippen LogP) is 5.27. The van der Waals surface area contributed by atoms with E-state index >= 15 is 0 Å². The maximum absolute atomic E-state index is 12.2. The Morgan fingerprint density at radius 2 is 1.64 bits per heavy atom. The second-order valence-corrected chi connectivity index (χ2v) is 15.0. The number of carbonyl (C=O) groups excluding carboxylic acids is 1. The molecule has 28 heavy (non-hydrogen) atoms. The van der Waals surface area contributed by atoms with Gasteiger partial charge in [0.1, 0.15) is 5.60 Å². The second kappa shape index (κ2) is 8.45. The Bertz CT molecular complexity index is 669. The molecule has 1 aliphatic heterocycles. The van der Waals surface area contributed by atoms with Crippen LogP contribution in [-0.4, -0.2) is 51.1 Å². The highest BCUT2D eigenvalue weighted by Gasteiger charge is 2.37. The Labute approximate surface area is 172 Å². The summed E-state index contributed by atoms with van der Waals surface area (Å²) in [5, 5.41) is 0.211. The van der Waals surface area contributed by atoms with Gasteiger partial charge in [0.05, 0.1) is 6.61 Å². The van der Waals surface area contributed by atoms with E-state index in [-0.39, 0.29) is 11.1 Å². The fourth-order valence-corrected chi connectivity index (χ4v) is 3.76. The van der Waals surface area contributed by atoms with Gasteiger partial charge in [-0.3, -0.25) is 0 Å². The first-order valence-corrected chi connectivity index (χ1v) is 13.2. The lowest BCUT2D eigenvalue weighted by Crippen LogP contribution is -2.50. The average molecular weight is 407 g/mol. The topological polar surface area (TPSA) is 42.0 Å². The number of anilines is 1. The van der Waals surface area contributed by atoms with E-state index in [0.717, 1.165) is 13.1 Å². The zero-order valence-electron chi connectivity index (χ0n) is 19.0. The molecule has 6 heteroatoms. The van der Waals surface area contributed by atoms with Crippen molar-refractivity contribution in [2.45, 2.75) is 71.9 Å². The first-order valence-electron chi connectivity index (χ1n) is 10.2. The number of rotatable bonds is 4. The minimum Gasteiger partial charge on any atom is -0.444 e. The number of benzene rings is 1. The number of amides is 1. The maximum Gasteiger partial charge on any atom is 0.410 e. The molecule has 1 aromatic carbocycles. The van der Waals surface area contributed by atoms with Gasteiger partial charge in [-0.15, -0.1) is 0 Å². The third kappa shape index (κ3) is 6.24. The molecule has 0 bridgehead atoms. The van der Waals surface area contributed by atoms with Crippen molar-refractivity contribution in [1.29, 1.82) is 0 Å². The molecule has 0 aliphatic carbocycles. The van der Waals surface area contributed by atoms with Crippen molar-refractivity contribution in [3.05, 3.63) is 29.8 Å². The van der Waals surface area contributed by atoms with Gasteiger partial charge in [-0.25, -0.2) is 4.79 Å². The highest BCUT2D eigenvalue weighted by molar-refractivity contribution is 6.74. The van der Waals surface area contributed by atoms with Crippen LogP contribution in [0.5, 0.6) is 0 Å². The molecule has 1 fully saturated rings. The summed E-state index contributed by atoms with van der Waals surface area (Å²) in [6.45, 7) is 20.7. The Hall–Kier alpha value is -1.53. The van der Waals surface area contributed by atoms with Crippen LogP contribution in [0.2, 0.25) is 18.1 Å². The molecule has 0 saturated carbocycles. The SMILES string of the molecule is CC(C)(C)OC(=O)N1CCN(c2cccc(CO[Si](C)(C)C(C)(C)C)c2)CC1. The van der Waals surface area contributed by atoms with E-state index in [2.05, 4.69) is 63.0 Å². The molecule has 1 aromatic rings. The van der Waals surface area contributed by atoms with Crippen LogP contribution in [0.1, 0.15) is 47.1 Å². The lowest BCUT2D eigenvalue weighted by molar-refractivity contribution is 0.0240. The van der Waals surface area contributed by atoms with Crippen molar-refractivity contribution >= 4 is 20.1 Å². The monoisotopic (exact) mass is 406 g/mol. The largest absolute Gasteiger partial charge is 0.444 e. The van der Waals surface area contributed by atoms with Crippen LogP contribution in [0.15, 0.2) is 24.3 Å². The number of hydrogen-bond donors (Lipinski definition) is 0. The van der Waals surface area contributed by atoms with Gasteiger partial charge in [0.2, 0.25) is 0 Å². The number of ether oxygens (including phenoxy) is 1. The minimum atomic E-state index is -1.76. The van der Waals surface area contributed by atoms with Crippen molar-refractivity contribution in [3.8, 4) is 0 Å². The van der Waals surface area contributed by atoms with Crippen LogP contribution < -0.4 is 4.90 Å². The molecule has 0 radical (unpaired) electrons. The van der Waals surface area contributed by atoms with Crippen LogP contribution in [-0.2, 0) is 15.8 Å². The Balaban J connectivity index is 1.94. The van der Waals surface area contributed by atoms with Crippen LogP contribution in [0.3, 0.4) is 0 Å². The van der Waals surface area contributed by atoms with Gasteiger partial charge in [0.25, 0.3) is 0 Å². The Morgan fingerprint density at radius 1 is 1.04 bits per heavy atom. The van der Waals surface area contributed by atoms with Crippen LogP contribution in [0.4, 0.5) is 10.5 Å². The highest BCUT2D eigenvalue weighted by atomic mass is 28.4. The molecule has 1 saturated heterocycles. The fraction of sp³-hybridized carbons (Fsp3) is 0.682. The molecular formula is C22H38N2O3Si. The normalized spacial score (nSPS) is 16.3. The third-order valence-corrected chi connectivity index (χ3v) is 10.1. The van der Waals surface area contributed by atoms with Crippen molar-refractivity contribution in [2.24, 2.45) is 0 Å². The predicted molar refractivity (Wildman–Crippen MR) is 118 cm³/mol. The summed E-state index contributed by atoms with van der Waals surface area (Å²) in [5.41, 5.74) is 1.95. The van der Waals surface area contributed by atoms with Crippen LogP contribution >= 0.6 is 0 Å². The first-order chi connectivity index (χ1) is 12.8. The van der Waals surface area contributed by atoms with Crippen LogP contribution in [0, 0.1) is 0 Å². The smallest absolute Gasteiger partial charge is 0.410 e. The first kappa shape index (κ1) is 22.8. The van der Waals surface area contributed by atoms with Gasteiger partial charge in [0, 0.05) is 31.9 Å². The van der Waals surface area contributed by atoms with Gasteiger partial charge in [0.15, 0.2) is 8.32 Å². The molecule has 158 valence electrons. The molecule has 0 aromatic heterocycles. The van der Waals surface area contributed by atoms with E-state index in [1.807, 2.05) is 20.8 Å². The average Bonchev–Trinajstić information content (AvgIpc) is 2.58. The molecule has 5 nitrogen and oxygen atoms in total. The van der Waals surface area contributed by atoms with Gasteiger partial charge in [-0.1, -0.05) is 32.9 Å². The van der Waals surface area contributed by atoms with Gasteiger partial charge in [-0.2, -0.15) is 0 Å². The quantitative estimate of drug-likeness (QED) is 0.639. The summed E-state index contributed by atoms with van der Waals surface area (Å²) in [6.07, 6.45) is -0.219. The summed E-state index contributed by atoms with van der Waals surface area (Å²) >= 11 is 0. The summed E-state index contributed by atoms with van der Waals surface area (Å²) < 4.78 is 11.9. The molecule has 1 aliphatic rings. The molecular weight excluding hydrogens is 368 g/mol. The third-order valence-electron chi connectivity index (χ3n) is 5.61. The number of hydrogen-bond acceptors (Lipinski definition) is 4. The Morgan fingerprint density at radius 3 is 2.18 bits per heavy atom. The van der Waals surface area contributed by atoms with Crippen molar-refractivity contribution < 1.29 is 14.0 Å². The molecule has 0 atom stereocenters. The lowest BCUT2D eigenvalue weighted by atomic mass is 10.2. The number of piperazine rings is 1. The van der Waals surface area contributed by atoms with Gasteiger partial charge in [-0.05, 0) is 56.6 Å². The minimum absolute atomic E-state index is 0.211. The molecule has 0 N–H and O–H groups in total. The molecule has 1 amide bonds. The summed E-state index contributed by atoms with van der Waals surface area (Å²) in [6, 6.07) is 8.59. The molecule has 2 rings (SSSR count). The van der Waals surface area contributed by atoms with Gasteiger partial charge < -0.3 is 19.0 Å². The zero-order chi connectivity index (χ0) is 21.2. The van der Waals surface area contributed by atoms with E-state index in [1.165, 1.54) is 11.3 Å². The summed E-state index contributed by atoms with van der Waals surface area (Å²) in [7, 11) is -1.76. The van der Waals surface area contributed by atoms with E-state index in [0.29, 0.717) is 19.7 Å². The highest BCUT2D eigenvalue weighted by Crippen LogP contribution is 2.37. The van der Waals surface area contributed by atoms with E-state index in [9.17, 15) is 4.79 Å². The van der Waals surface area contributed by atoms with Gasteiger partial charge >= 0.3 is 6.09 Å². The summed E-state index contributed by atoms with van der Waals surface area (Å²) in [4.78, 5) is 16.4. The lowest BCUT2D eigenvalue weighted by Gasteiger charge is -2.37. The van der Waals surface area contributed by atoms with Crippen molar-refractivity contribution in [2.75, 3.05) is 31.1 Å². The van der Waals surface area contributed by atoms with Crippen molar-refractivity contribution in [3.63, 3.8) is 0 Å². The summed E-state index contributed by atoms with van der Waals surface area (Å²) in [5.74, 6) is 0. The number of carbonyl (C=O) groups is 1.